The van der Waals surface area contributed by atoms with Crippen molar-refractivity contribution in [3.05, 3.63) is 17.4 Å². The highest BCUT2D eigenvalue weighted by atomic mass is 16.9. The Morgan fingerprint density at radius 2 is 2.11 bits per heavy atom. The quantitative estimate of drug-likeness (QED) is 0.333. The SMILES string of the molecule is C=C(C)/C(C)=[N+](/[O-])ON. The second-order valence-electron chi connectivity index (χ2n) is 1.73. The first-order valence-corrected chi connectivity index (χ1v) is 2.43. The Morgan fingerprint density at radius 1 is 1.67 bits per heavy atom. The Balaban J connectivity index is 4.28. The summed E-state index contributed by atoms with van der Waals surface area (Å²) in [6.07, 6.45) is 0. The molecule has 4 heteroatoms. The lowest BCUT2D eigenvalue weighted by atomic mass is 10.2. The molecular formula is C5H10N2O2. The Hall–Kier alpha value is -1.03. The summed E-state index contributed by atoms with van der Waals surface area (Å²) in [5, 5.41) is 10.4. The summed E-state index contributed by atoms with van der Waals surface area (Å²) in [6, 6.07) is 0. The van der Waals surface area contributed by atoms with E-state index < -0.39 is 0 Å². The highest BCUT2D eigenvalue weighted by molar-refractivity contribution is 5.92. The highest BCUT2D eigenvalue weighted by Gasteiger charge is 2.03. The van der Waals surface area contributed by atoms with E-state index in [0.29, 0.717) is 11.3 Å². The minimum atomic E-state index is 0.211. The van der Waals surface area contributed by atoms with Crippen LogP contribution in [0, 0.1) is 5.21 Å². The molecule has 9 heavy (non-hydrogen) atoms. The molecule has 2 N–H and O–H groups in total. The minimum absolute atomic E-state index is 0.211. The number of rotatable bonds is 2. The van der Waals surface area contributed by atoms with Gasteiger partial charge in [-0.25, -0.2) is 5.90 Å². The van der Waals surface area contributed by atoms with Crippen LogP contribution < -0.4 is 5.90 Å². The van der Waals surface area contributed by atoms with Crippen LogP contribution in [0.4, 0.5) is 0 Å². The lowest BCUT2D eigenvalue weighted by molar-refractivity contribution is -0.746. The van der Waals surface area contributed by atoms with E-state index in [-0.39, 0.29) is 4.90 Å². The summed E-state index contributed by atoms with van der Waals surface area (Å²) in [4.78, 5) is 4.06. The van der Waals surface area contributed by atoms with E-state index >= 15 is 0 Å². The average Bonchev–Trinajstić information content (AvgIpc) is 1.84. The zero-order valence-corrected chi connectivity index (χ0v) is 5.55. The van der Waals surface area contributed by atoms with Gasteiger partial charge in [0.05, 0.1) is 4.90 Å². The molecule has 0 aliphatic rings. The van der Waals surface area contributed by atoms with Crippen LogP contribution in [-0.2, 0) is 4.94 Å². The fourth-order valence-corrected chi connectivity index (χ4v) is 0.235. The van der Waals surface area contributed by atoms with Gasteiger partial charge >= 0.3 is 0 Å². The monoisotopic (exact) mass is 130 g/mol. The van der Waals surface area contributed by atoms with Gasteiger partial charge in [-0.2, -0.15) is 0 Å². The topological polar surface area (TPSA) is 61.3 Å². The Morgan fingerprint density at radius 3 is 2.22 bits per heavy atom. The molecule has 0 atom stereocenters. The van der Waals surface area contributed by atoms with Gasteiger partial charge in [0.25, 0.3) is 0 Å². The Labute approximate surface area is 53.7 Å². The van der Waals surface area contributed by atoms with E-state index in [4.69, 9.17) is 0 Å². The van der Waals surface area contributed by atoms with Crippen LogP contribution in [0.5, 0.6) is 0 Å². The molecule has 0 heterocycles. The van der Waals surface area contributed by atoms with Crippen molar-refractivity contribution in [3.63, 3.8) is 0 Å². The highest BCUT2D eigenvalue weighted by Crippen LogP contribution is 1.90. The van der Waals surface area contributed by atoms with Crippen molar-refractivity contribution in [1.29, 1.82) is 0 Å². The van der Waals surface area contributed by atoms with Gasteiger partial charge in [0, 0.05) is 12.5 Å². The molecule has 0 aliphatic heterocycles. The van der Waals surface area contributed by atoms with Crippen LogP contribution in [0.1, 0.15) is 13.8 Å². The lowest BCUT2D eigenvalue weighted by Gasteiger charge is -1.98. The molecule has 0 amide bonds. The van der Waals surface area contributed by atoms with Gasteiger partial charge in [-0.1, -0.05) is 6.58 Å². The van der Waals surface area contributed by atoms with Gasteiger partial charge < -0.3 is 4.94 Å². The minimum Gasteiger partial charge on any atom is -0.324 e. The van der Waals surface area contributed by atoms with Crippen molar-refractivity contribution in [3.8, 4) is 0 Å². The standard InChI is InChI=1S/C5H10N2O2/c1-4(2)5(3)7(8)9-6/h1,6H2,2-3H3/b7-5-. The molecule has 0 radical (unpaired) electrons. The predicted molar refractivity (Wildman–Crippen MR) is 34.4 cm³/mol. The molecule has 4 nitrogen and oxygen atoms in total. The van der Waals surface area contributed by atoms with E-state index in [0.717, 1.165) is 0 Å². The number of nitrogens with zero attached hydrogens (tertiary/aromatic N) is 1. The summed E-state index contributed by atoms with van der Waals surface area (Å²) < 4.78 is 0. The van der Waals surface area contributed by atoms with Crippen molar-refractivity contribution in [1.82, 2.24) is 0 Å². The fraction of sp³-hybridized carbons (Fsp3) is 0.400. The number of nitrogens with two attached hydrogens (primary N) is 1. The van der Waals surface area contributed by atoms with Gasteiger partial charge in [-0.3, -0.25) is 5.21 Å². The maximum Gasteiger partial charge on any atom is 0.245 e. The summed E-state index contributed by atoms with van der Waals surface area (Å²) in [6.45, 7) is 6.78. The second kappa shape index (κ2) is 3.09. The zero-order valence-electron chi connectivity index (χ0n) is 5.55. The molecule has 0 aliphatic carbocycles. The number of hydrogen-bond donors (Lipinski definition) is 1. The third kappa shape index (κ3) is 2.14. The van der Waals surface area contributed by atoms with E-state index in [9.17, 15) is 5.21 Å². The molecule has 0 aromatic heterocycles. The van der Waals surface area contributed by atoms with Gasteiger partial charge in [-0.15, -0.1) is 0 Å². The van der Waals surface area contributed by atoms with Crippen molar-refractivity contribution in [2.45, 2.75) is 13.8 Å². The molecule has 0 unspecified atom stereocenters. The smallest absolute Gasteiger partial charge is 0.245 e. The summed E-state index contributed by atoms with van der Waals surface area (Å²) >= 11 is 0. The first-order valence-electron chi connectivity index (χ1n) is 2.43. The summed E-state index contributed by atoms with van der Waals surface area (Å²) in [5.74, 6) is 4.56. The van der Waals surface area contributed by atoms with E-state index in [1.165, 1.54) is 0 Å². The summed E-state index contributed by atoms with van der Waals surface area (Å²) in [7, 11) is 0. The zero-order chi connectivity index (χ0) is 7.44. The molecule has 0 rings (SSSR count). The maximum absolute atomic E-state index is 10.4. The molecule has 0 aromatic rings. The van der Waals surface area contributed by atoms with E-state index in [1.54, 1.807) is 13.8 Å². The van der Waals surface area contributed by atoms with E-state index in [1.807, 2.05) is 0 Å². The van der Waals surface area contributed by atoms with Crippen molar-refractivity contribution < 1.29 is 9.84 Å². The average molecular weight is 130 g/mol. The Bertz CT molecular complexity index is 151. The molecule has 0 saturated heterocycles. The fourth-order valence-electron chi connectivity index (χ4n) is 0.235. The molecular weight excluding hydrogens is 120 g/mol. The third-order valence-electron chi connectivity index (χ3n) is 0.987. The van der Waals surface area contributed by atoms with Crippen LogP contribution >= 0.6 is 0 Å². The third-order valence-corrected chi connectivity index (χ3v) is 0.987. The molecule has 0 aromatic carbocycles. The number of allylic oxidation sites excluding steroid dienone is 1. The lowest BCUT2D eigenvalue weighted by Crippen LogP contribution is -2.17. The van der Waals surface area contributed by atoms with Gasteiger partial charge in [0.15, 0.2) is 0 Å². The maximum atomic E-state index is 10.4. The Kier molecular flexibility index (Phi) is 2.73. The largest absolute Gasteiger partial charge is 0.324 e. The van der Waals surface area contributed by atoms with Gasteiger partial charge in [-0.05, 0) is 6.92 Å². The molecule has 52 valence electrons. The van der Waals surface area contributed by atoms with Crippen molar-refractivity contribution in [2.75, 3.05) is 0 Å². The van der Waals surface area contributed by atoms with Crippen LogP contribution in [-0.4, -0.2) is 10.6 Å². The van der Waals surface area contributed by atoms with Crippen LogP contribution in [0.2, 0.25) is 0 Å². The van der Waals surface area contributed by atoms with Gasteiger partial charge in [0.1, 0.15) is 0 Å². The first kappa shape index (κ1) is 7.97. The van der Waals surface area contributed by atoms with Crippen molar-refractivity contribution in [2.24, 2.45) is 5.90 Å². The molecule has 0 fully saturated rings. The number of hydrogen-bond acceptors (Lipinski definition) is 3. The van der Waals surface area contributed by atoms with Crippen LogP contribution in [0.15, 0.2) is 12.2 Å². The molecule has 0 bridgehead atoms. The predicted octanol–water partition coefficient (Wildman–Crippen LogP) is 0.339. The second-order valence-corrected chi connectivity index (χ2v) is 1.73. The first-order chi connectivity index (χ1) is 4.09. The van der Waals surface area contributed by atoms with Crippen LogP contribution in [0.3, 0.4) is 0 Å². The molecule has 0 saturated carbocycles. The summed E-state index contributed by atoms with van der Waals surface area (Å²) in [5.41, 5.74) is 1.01. The van der Waals surface area contributed by atoms with Gasteiger partial charge in [0.2, 0.25) is 5.71 Å². The molecule has 0 spiro atoms. The van der Waals surface area contributed by atoms with E-state index in [2.05, 4.69) is 17.4 Å². The normalized spacial score (nSPS) is 12.3. The van der Waals surface area contributed by atoms with Crippen LogP contribution in [0.25, 0.3) is 0 Å². The van der Waals surface area contributed by atoms with Crippen molar-refractivity contribution >= 4 is 5.71 Å².